The molecule has 5 nitrogen and oxygen atoms in total. The van der Waals surface area contributed by atoms with E-state index >= 15 is 0 Å². The van der Waals surface area contributed by atoms with Crippen LogP contribution in [0.4, 0.5) is 0 Å². The lowest BCUT2D eigenvalue weighted by Gasteiger charge is -2.14. The maximum atomic E-state index is 11.3. The van der Waals surface area contributed by atoms with E-state index in [1.807, 2.05) is 13.8 Å². The van der Waals surface area contributed by atoms with Crippen molar-refractivity contribution >= 4 is 5.97 Å². The molecule has 0 heterocycles. The van der Waals surface area contributed by atoms with E-state index in [0.717, 1.165) is 12.8 Å². The topological polar surface area (TPSA) is 76.0 Å². The Morgan fingerprint density at radius 1 is 1.47 bits per heavy atom. The van der Waals surface area contributed by atoms with Crippen molar-refractivity contribution in [3.05, 3.63) is 16.4 Å². The van der Waals surface area contributed by atoms with Gasteiger partial charge in [-0.3, -0.25) is 0 Å². The van der Waals surface area contributed by atoms with E-state index in [1.165, 1.54) is 6.92 Å². The quantitative estimate of drug-likeness (QED) is 0.320. The second-order valence-corrected chi connectivity index (χ2v) is 3.25. The summed E-state index contributed by atoms with van der Waals surface area (Å²) >= 11 is 0. The summed E-state index contributed by atoms with van der Waals surface area (Å²) in [5.41, 5.74) is -0.551. The number of ether oxygens (including phenoxy) is 1. The number of hydrogen-bond acceptors (Lipinski definition) is 5. The van der Waals surface area contributed by atoms with Crippen molar-refractivity contribution in [2.75, 3.05) is 0 Å². The molecule has 1 N–H and O–H groups in total. The molecule has 0 aliphatic rings. The molecular weight excluding hydrogens is 198 g/mol. The molecule has 0 bridgehead atoms. The Bertz CT molecular complexity index is 256. The molecule has 0 aliphatic heterocycles. The van der Waals surface area contributed by atoms with Gasteiger partial charge in [0.25, 0.3) is 0 Å². The van der Waals surface area contributed by atoms with Crippen LogP contribution in [0.15, 0.2) is 16.6 Å². The minimum absolute atomic E-state index is 0.224. The van der Waals surface area contributed by atoms with Crippen LogP contribution in [0.2, 0.25) is 0 Å². The number of aliphatic hydroxyl groups excluding tert-OH is 1. The normalized spacial score (nSPS) is 14.1. The zero-order valence-electron chi connectivity index (χ0n) is 9.32. The van der Waals surface area contributed by atoms with Crippen LogP contribution in [-0.2, 0) is 9.53 Å². The number of aliphatic hydroxyl groups is 1. The molecule has 15 heavy (non-hydrogen) atoms. The number of hydrogen-bond donors (Lipinski definition) is 1. The molecule has 0 radical (unpaired) electrons. The summed E-state index contributed by atoms with van der Waals surface area (Å²) in [4.78, 5) is 21.6. The van der Waals surface area contributed by atoms with Gasteiger partial charge >= 0.3 is 5.97 Å². The first-order valence-corrected chi connectivity index (χ1v) is 5.00. The van der Waals surface area contributed by atoms with Crippen LogP contribution < -0.4 is 0 Å². The third kappa shape index (κ3) is 4.58. The van der Waals surface area contributed by atoms with Gasteiger partial charge in [0.05, 0.1) is 0 Å². The molecule has 86 valence electrons. The molecule has 0 saturated heterocycles. The highest BCUT2D eigenvalue weighted by molar-refractivity contribution is 5.88. The van der Waals surface area contributed by atoms with E-state index in [-0.39, 0.29) is 6.10 Å². The van der Waals surface area contributed by atoms with Gasteiger partial charge in [-0.05, 0) is 24.9 Å². The SMILES string of the molecule is CCCC(CC)OC(=O)C(N=O)=C(C)O. The van der Waals surface area contributed by atoms with E-state index in [1.54, 1.807) is 0 Å². The summed E-state index contributed by atoms with van der Waals surface area (Å²) in [5, 5.41) is 11.4. The fourth-order valence-electron chi connectivity index (χ4n) is 1.13. The van der Waals surface area contributed by atoms with Gasteiger partial charge in [0.15, 0.2) is 0 Å². The van der Waals surface area contributed by atoms with Crippen molar-refractivity contribution in [3.8, 4) is 0 Å². The van der Waals surface area contributed by atoms with E-state index in [0.29, 0.717) is 6.42 Å². The maximum Gasteiger partial charge on any atom is 0.364 e. The molecule has 0 aromatic heterocycles. The first-order valence-electron chi connectivity index (χ1n) is 5.00. The lowest BCUT2D eigenvalue weighted by Crippen LogP contribution is -2.18. The van der Waals surface area contributed by atoms with Gasteiger partial charge < -0.3 is 9.84 Å². The molecule has 5 heteroatoms. The summed E-state index contributed by atoms with van der Waals surface area (Å²) in [6.45, 7) is 5.08. The molecule has 0 aromatic rings. The molecule has 1 unspecified atom stereocenters. The van der Waals surface area contributed by atoms with Crippen molar-refractivity contribution < 1.29 is 14.6 Å². The fraction of sp³-hybridized carbons (Fsp3) is 0.700. The molecule has 0 aromatic carbocycles. The Balaban J connectivity index is 4.46. The second-order valence-electron chi connectivity index (χ2n) is 3.25. The largest absolute Gasteiger partial charge is 0.510 e. The van der Waals surface area contributed by atoms with Crippen LogP contribution in [-0.4, -0.2) is 17.2 Å². The summed E-state index contributed by atoms with van der Waals surface area (Å²) in [7, 11) is 0. The standard InChI is InChI=1S/C10H17NO4/c1-4-6-8(5-2)15-10(13)9(11-14)7(3)12/h8,12H,4-6H2,1-3H3. The number of carbonyl (C=O) groups is 1. The molecule has 0 fully saturated rings. The predicted octanol–water partition coefficient (Wildman–Crippen LogP) is 2.66. The number of rotatable bonds is 6. The zero-order chi connectivity index (χ0) is 11.8. The van der Waals surface area contributed by atoms with E-state index in [9.17, 15) is 9.70 Å². The van der Waals surface area contributed by atoms with Gasteiger partial charge in [-0.15, -0.1) is 4.91 Å². The summed E-state index contributed by atoms with van der Waals surface area (Å²) in [6, 6.07) is 0. The van der Waals surface area contributed by atoms with Gasteiger partial charge in [0.2, 0.25) is 5.70 Å². The average Bonchev–Trinajstić information content (AvgIpc) is 2.17. The highest BCUT2D eigenvalue weighted by Gasteiger charge is 2.19. The van der Waals surface area contributed by atoms with Gasteiger partial charge in [-0.25, -0.2) is 4.79 Å². The maximum absolute atomic E-state index is 11.3. The number of nitroso groups, excluding NO2 is 1. The van der Waals surface area contributed by atoms with Crippen molar-refractivity contribution in [1.29, 1.82) is 0 Å². The Kier molecular flexibility index (Phi) is 6.33. The first-order chi connectivity index (χ1) is 7.06. The van der Waals surface area contributed by atoms with Crippen molar-refractivity contribution in [1.82, 2.24) is 0 Å². The van der Waals surface area contributed by atoms with E-state index in [2.05, 4.69) is 5.18 Å². The fourth-order valence-corrected chi connectivity index (χ4v) is 1.13. The predicted molar refractivity (Wildman–Crippen MR) is 56.2 cm³/mol. The Morgan fingerprint density at radius 3 is 2.40 bits per heavy atom. The Morgan fingerprint density at radius 2 is 2.07 bits per heavy atom. The van der Waals surface area contributed by atoms with Crippen LogP contribution in [0.1, 0.15) is 40.0 Å². The summed E-state index contributed by atoms with van der Waals surface area (Å²) < 4.78 is 5.00. The van der Waals surface area contributed by atoms with Gasteiger partial charge in [0, 0.05) is 0 Å². The zero-order valence-corrected chi connectivity index (χ0v) is 9.32. The molecule has 0 amide bonds. The number of nitrogens with zero attached hydrogens (tertiary/aromatic N) is 1. The van der Waals surface area contributed by atoms with Crippen LogP contribution >= 0.6 is 0 Å². The summed E-state index contributed by atoms with van der Waals surface area (Å²) in [6.07, 6.45) is 2.07. The van der Waals surface area contributed by atoms with Crippen LogP contribution in [0.5, 0.6) is 0 Å². The van der Waals surface area contributed by atoms with E-state index in [4.69, 9.17) is 9.84 Å². The van der Waals surface area contributed by atoms with Crippen LogP contribution in [0, 0.1) is 4.91 Å². The molecular formula is C10H17NO4. The first kappa shape index (κ1) is 13.6. The minimum atomic E-state index is -0.856. The third-order valence-electron chi connectivity index (χ3n) is 1.97. The number of carbonyl (C=O) groups excluding carboxylic acids is 1. The van der Waals surface area contributed by atoms with Crippen LogP contribution in [0.3, 0.4) is 0 Å². The van der Waals surface area contributed by atoms with Crippen molar-refractivity contribution in [3.63, 3.8) is 0 Å². The average molecular weight is 215 g/mol. The highest BCUT2D eigenvalue weighted by atomic mass is 16.5. The second kappa shape index (κ2) is 6.98. The van der Waals surface area contributed by atoms with Gasteiger partial charge in [0.1, 0.15) is 11.9 Å². The van der Waals surface area contributed by atoms with Gasteiger partial charge in [-0.2, -0.15) is 0 Å². The van der Waals surface area contributed by atoms with E-state index < -0.39 is 17.4 Å². The molecule has 0 rings (SSSR count). The van der Waals surface area contributed by atoms with Crippen molar-refractivity contribution in [2.45, 2.75) is 46.1 Å². The molecule has 0 aliphatic carbocycles. The smallest absolute Gasteiger partial charge is 0.364 e. The van der Waals surface area contributed by atoms with Gasteiger partial charge in [-0.1, -0.05) is 20.3 Å². The lowest BCUT2D eigenvalue weighted by atomic mass is 10.1. The van der Waals surface area contributed by atoms with Crippen molar-refractivity contribution in [2.24, 2.45) is 5.18 Å². The Labute approximate surface area is 89.1 Å². The molecule has 0 saturated carbocycles. The number of esters is 1. The Hall–Kier alpha value is -1.39. The monoisotopic (exact) mass is 215 g/mol. The lowest BCUT2D eigenvalue weighted by molar-refractivity contribution is -0.145. The van der Waals surface area contributed by atoms with Crippen LogP contribution in [0.25, 0.3) is 0 Å². The third-order valence-corrected chi connectivity index (χ3v) is 1.97. The minimum Gasteiger partial charge on any atom is -0.510 e. The number of allylic oxidation sites excluding steroid dienone is 1. The highest BCUT2D eigenvalue weighted by Crippen LogP contribution is 2.12. The molecule has 0 spiro atoms. The summed E-state index contributed by atoms with van der Waals surface area (Å²) in [5.74, 6) is -1.27. The molecule has 1 atom stereocenters.